The first-order valence-corrected chi connectivity index (χ1v) is 6.08. The Labute approximate surface area is 115 Å². The van der Waals surface area contributed by atoms with Crippen molar-refractivity contribution in [2.24, 2.45) is 5.73 Å². The quantitative estimate of drug-likeness (QED) is 0.785. The second kappa shape index (κ2) is 7.35. The molecule has 0 amide bonds. The number of hydrogen-bond acceptors (Lipinski definition) is 4. The molecule has 0 fully saturated rings. The predicted molar refractivity (Wildman–Crippen MR) is 67.8 cm³/mol. The summed E-state index contributed by atoms with van der Waals surface area (Å²) < 4.78 is 49.3. The van der Waals surface area contributed by atoms with Crippen LogP contribution in [0.15, 0.2) is 18.2 Å². The lowest BCUT2D eigenvalue weighted by atomic mass is 10.1. The fourth-order valence-corrected chi connectivity index (χ4v) is 1.64. The van der Waals surface area contributed by atoms with Crippen LogP contribution in [0.25, 0.3) is 0 Å². The van der Waals surface area contributed by atoms with Crippen LogP contribution in [0.3, 0.4) is 0 Å². The van der Waals surface area contributed by atoms with Gasteiger partial charge in [-0.25, -0.2) is 0 Å². The van der Waals surface area contributed by atoms with Crippen molar-refractivity contribution in [3.8, 4) is 11.5 Å². The number of alkyl halides is 3. The highest BCUT2D eigenvalue weighted by Gasteiger charge is 2.28. The van der Waals surface area contributed by atoms with Crippen molar-refractivity contribution < 1.29 is 27.4 Å². The van der Waals surface area contributed by atoms with Gasteiger partial charge in [0.15, 0.2) is 11.5 Å². The van der Waals surface area contributed by atoms with Crippen molar-refractivity contribution in [2.45, 2.75) is 25.7 Å². The molecule has 7 heteroatoms. The maximum Gasteiger partial charge on any atom is 0.522 e. The summed E-state index contributed by atoms with van der Waals surface area (Å²) in [4.78, 5) is 0. The van der Waals surface area contributed by atoms with Crippen LogP contribution in [0.2, 0.25) is 0 Å². The topological polar surface area (TPSA) is 53.7 Å². The van der Waals surface area contributed by atoms with E-state index in [1.165, 1.54) is 7.11 Å². The van der Waals surface area contributed by atoms with Gasteiger partial charge in [0.25, 0.3) is 0 Å². The van der Waals surface area contributed by atoms with Crippen LogP contribution in [0.4, 0.5) is 13.2 Å². The number of methoxy groups -OCH3 is 1. The lowest BCUT2D eigenvalue weighted by Gasteiger charge is -2.13. The summed E-state index contributed by atoms with van der Waals surface area (Å²) in [6, 6.07) is 5.20. The van der Waals surface area contributed by atoms with Gasteiger partial charge >= 0.3 is 6.36 Å². The monoisotopic (exact) mass is 293 g/mol. The van der Waals surface area contributed by atoms with Crippen molar-refractivity contribution in [2.75, 3.05) is 20.3 Å². The number of hydrogen-bond donors (Lipinski definition) is 1. The van der Waals surface area contributed by atoms with Crippen LogP contribution in [0.1, 0.15) is 12.5 Å². The fraction of sp³-hybridized carbons (Fsp3) is 0.538. The van der Waals surface area contributed by atoms with Gasteiger partial charge in [-0.1, -0.05) is 6.07 Å². The standard InChI is InChI=1S/C13H18F3NO3/c1-9(17)7-10-3-4-11(12(8-10)18-2)19-5-6-20-13(14,15)16/h3-4,8-9H,5-7,17H2,1-2H3. The second-order valence-electron chi connectivity index (χ2n) is 4.31. The molecule has 0 spiro atoms. The Morgan fingerprint density at radius 3 is 2.45 bits per heavy atom. The molecule has 0 aliphatic rings. The molecule has 1 aromatic rings. The first kappa shape index (κ1) is 16.6. The minimum atomic E-state index is -4.64. The Kier molecular flexibility index (Phi) is 6.09. The Morgan fingerprint density at radius 1 is 1.20 bits per heavy atom. The Bertz CT molecular complexity index is 422. The zero-order chi connectivity index (χ0) is 15.2. The third kappa shape index (κ3) is 6.12. The number of rotatable bonds is 7. The number of benzene rings is 1. The predicted octanol–water partition coefficient (Wildman–Crippen LogP) is 2.50. The van der Waals surface area contributed by atoms with E-state index in [-0.39, 0.29) is 12.6 Å². The van der Waals surface area contributed by atoms with Crippen LogP contribution in [-0.2, 0) is 11.2 Å². The van der Waals surface area contributed by atoms with E-state index in [2.05, 4.69) is 4.74 Å². The van der Waals surface area contributed by atoms with Crippen molar-refractivity contribution >= 4 is 0 Å². The van der Waals surface area contributed by atoms with Crippen molar-refractivity contribution in [1.82, 2.24) is 0 Å². The van der Waals surface area contributed by atoms with Gasteiger partial charge in [-0.05, 0) is 31.0 Å². The SMILES string of the molecule is COc1cc(CC(C)N)ccc1OCCOC(F)(F)F. The molecule has 0 aromatic heterocycles. The van der Waals surface area contributed by atoms with E-state index in [1.54, 1.807) is 18.2 Å². The molecule has 1 rings (SSSR count). The summed E-state index contributed by atoms with van der Waals surface area (Å²) in [5.74, 6) is 0.821. The van der Waals surface area contributed by atoms with E-state index in [9.17, 15) is 13.2 Å². The van der Waals surface area contributed by atoms with E-state index in [4.69, 9.17) is 15.2 Å². The van der Waals surface area contributed by atoms with E-state index in [1.807, 2.05) is 6.92 Å². The van der Waals surface area contributed by atoms with E-state index in [0.717, 1.165) is 5.56 Å². The third-order valence-electron chi connectivity index (χ3n) is 2.39. The van der Waals surface area contributed by atoms with E-state index < -0.39 is 13.0 Å². The largest absolute Gasteiger partial charge is 0.522 e. The highest BCUT2D eigenvalue weighted by Crippen LogP contribution is 2.28. The van der Waals surface area contributed by atoms with E-state index >= 15 is 0 Å². The van der Waals surface area contributed by atoms with Crippen molar-refractivity contribution in [3.05, 3.63) is 23.8 Å². The average Bonchev–Trinajstić information content (AvgIpc) is 2.33. The summed E-state index contributed by atoms with van der Waals surface area (Å²) in [5, 5.41) is 0. The van der Waals surface area contributed by atoms with Gasteiger partial charge in [-0.2, -0.15) is 0 Å². The van der Waals surface area contributed by atoms with Crippen LogP contribution in [-0.4, -0.2) is 32.7 Å². The molecule has 0 radical (unpaired) electrons. The summed E-state index contributed by atoms with van der Waals surface area (Å²) in [6.45, 7) is 1.09. The molecular formula is C13H18F3NO3. The Hall–Kier alpha value is -1.47. The second-order valence-corrected chi connectivity index (χ2v) is 4.31. The maximum absolute atomic E-state index is 11.8. The summed E-state index contributed by atoms with van der Waals surface area (Å²) >= 11 is 0. The minimum absolute atomic E-state index is 0.00617. The van der Waals surface area contributed by atoms with Crippen LogP contribution < -0.4 is 15.2 Å². The third-order valence-corrected chi connectivity index (χ3v) is 2.39. The molecule has 0 saturated heterocycles. The Morgan fingerprint density at radius 2 is 1.90 bits per heavy atom. The molecule has 4 nitrogen and oxygen atoms in total. The first-order chi connectivity index (χ1) is 9.31. The highest BCUT2D eigenvalue weighted by atomic mass is 19.4. The maximum atomic E-state index is 11.8. The fourth-order valence-electron chi connectivity index (χ4n) is 1.64. The van der Waals surface area contributed by atoms with Gasteiger partial charge in [0, 0.05) is 6.04 Å². The van der Waals surface area contributed by atoms with Gasteiger partial charge < -0.3 is 15.2 Å². The highest BCUT2D eigenvalue weighted by molar-refractivity contribution is 5.43. The number of halogens is 3. The smallest absolute Gasteiger partial charge is 0.493 e. The Balaban J connectivity index is 2.57. The molecule has 0 heterocycles. The molecule has 1 aromatic carbocycles. The van der Waals surface area contributed by atoms with E-state index in [0.29, 0.717) is 17.9 Å². The van der Waals surface area contributed by atoms with Gasteiger partial charge in [-0.3, -0.25) is 4.74 Å². The van der Waals surface area contributed by atoms with Crippen LogP contribution >= 0.6 is 0 Å². The molecule has 1 atom stereocenters. The van der Waals surface area contributed by atoms with Gasteiger partial charge in [-0.15, -0.1) is 13.2 Å². The molecule has 0 aliphatic heterocycles. The molecule has 114 valence electrons. The van der Waals surface area contributed by atoms with Gasteiger partial charge in [0.1, 0.15) is 6.61 Å². The summed E-state index contributed by atoms with van der Waals surface area (Å²) in [5.41, 5.74) is 6.67. The zero-order valence-electron chi connectivity index (χ0n) is 11.4. The van der Waals surface area contributed by atoms with Crippen LogP contribution in [0, 0.1) is 0 Å². The number of nitrogens with two attached hydrogens (primary N) is 1. The molecular weight excluding hydrogens is 275 g/mol. The molecule has 0 bridgehead atoms. The van der Waals surface area contributed by atoms with Gasteiger partial charge in [0.2, 0.25) is 0 Å². The molecule has 1 unspecified atom stereocenters. The molecule has 20 heavy (non-hydrogen) atoms. The summed E-state index contributed by atoms with van der Waals surface area (Å²) in [7, 11) is 1.46. The lowest BCUT2D eigenvalue weighted by molar-refractivity contribution is -0.325. The molecule has 0 aliphatic carbocycles. The summed E-state index contributed by atoms with van der Waals surface area (Å²) in [6.07, 6.45) is -3.97. The zero-order valence-corrected chi connectivity index (χ0v) is 11.4. The average molecular weight is 293 g/mol. The van der Waals surface area contributed by atoms with Gasteiger partial charge in [0.05, 0.1) is 13.7 Å². The lowest BCUT2D eigenvalue weighted by Crippen LogP contribution is -2.18. The molecule has 0 saturated carbocycles. The normalized spacial score (nSPS) is 13.1. The first-order valence-electron chi connectivity index (χ1n) is 6.08. The molecule has 2 N–H and O–H groups in total. The van der Waals surface area contributed by atoms with Crippen molar-refractivity contribution in [1.29, 1.82) is 0 Å². The van der Waals surface area contributed by atoms with Crippen LogP contribution in [0.5, 0.6) is 11.5 Å². The minimum Gasteiger partial charge on any atom is -0.493 e. The number of ether oxygens (including phenoxy) is 3. The van der Waals surface area contributed by atoms with Crippen molar-refractivity contribution in [3.63, 3.8) is 0 Å².